The lowest BCUT2D eigenvalue weighted by Crippen LogP contribution is -2.78. The average Bonchev–Trinajstić information content (AvgIpc) is 3.36. The van der Waals surface area contributed by atoms with Crippen molar-refractivity contribution in [2.75, 3.05) is 0 Å². The molecule has 0 saturated carbocycles. The molecule has 0 radical (unpaired) electrons. The molecular weight excluding hydrogens is 1060 g/mol. The van der Waals surface area contributed by atoms with Gasteiger partial charge < -0.3 is 0 Å². The zero-order chi connectivity index (χ0) is 54.4. The number of rotatable bonds is 8. The molecule has 0 unspecified atom stereocenters. The first-order valence-corrected chi connectivity index (χ1v) is 23.2. The maximum Gasteiger partial charge on any atom is 0.272 e. The molecule has 0 spiro atoms. The zero-order valence-electron chi connectivity index (χ0n) is 36.5. The maximum atomic E-state index is 17.3. The summed E-state index contributed by atoms with van der Waals surface area (Å²) in [6.07, 6.45) is -6.26. The summed E-state index contributed by atoms with van der Waals surface area (Å²) < 4.78 is 387. The number of halogens is 24. The first-order valence-electron chi connectivity index (χ1n) is 20.9. The number of hydrogen-bond donors (Lipinski definition) is 0. The van der Waals surface area contributed by atoms with Gasteiger partial charge in [-0.25, -0.2) is 123 Å². The Hall–Kier alpha value is -6.35. The summed E-state index contributed by atoms with van der Waals surface area (Å²) in [4.78, 5) is 0. The van der Waals surface area contributed by atoms with E-state index in [-0.39, 0.29) is 0 Å². The summed E-state index contributed by atoms with van der Waals surface area (Å²) in [6.45, 7) is 2.35. The van der Waals surface area contributed by atoms with Crippen LogP contribution in [0, 0.1) is 140 Å². The second-order valence-electron chi connectivity index (χ2n) is 16.4. The lowest BCUT2D eigenvalue weighted by molar-refractivity contribution is 0.414. The van der Waals surface area contributed by atoms with E-state index in [1.54, 1.807) is 0 Å². The predicted molar refractivity (Wildman–Crippen MR) is 217 cm³/mol. The molecule has 25 heteroatoms. The minimum atomic E-state index is -8.82. The highest BCUT2D eigenvalue weighted by Gasteiger charge is 2.52. The summed E-state index contributed by atoms with van der Waals surface area (Å²) in [6, 6.07) is 0. The van der Waals surface area contributed by atoms with Gasteiger partial charge in [0.2, 0.25) is 0 Å². The van der Waals surface area contributed by atoms with E-state index in [1.165, 1.54) is 0 Å². The number of fused-ring (bicyclic) bond motifs is 4. The van der Waals surface area contributed by atoms with E-state index >= 15 is 105 Å². The monoisotopic (exact) mass is 1080 g/mol. The minimum absolute atomic E-state index is 0.586. The van der Waals surface area contributed by atoms with E-state index in [1.807, 2.05) is 0 Å². The molecule has 8 aromatic rings. The van der Waals surface area contributed by atoms with E-state index < -0.39 is 261 Å². The first kappa shape index (κ1) is 53.0. The van der Waals surface area contributed by atoms with Crippen molar-refractivity contribution in [3.8, 4) is 0 Å². The standard InChI is InChI=1S/4C12H5F6.Al/c4*1-2-4-3-5-6(9(15)7(4)13)10(16)12(18)11(17)8(5)14;/h4*2H2,1H3;/q;;;;-1. The molecule has 73 heavy (non-hydrogen) atoms. The molecule has 8 aromatic carbocycles. The van der Waals surface area contributed by atoms with Crippen LogP contribution in [0.4, 0.5) is 105 Å². The van der Waals surface area contributed by atoms with Gasteiger partial charge in [-0.15, -0.1) is 0 Å². The van der Waals surface area contributed by atoms with Crippen molar-refractivity contribution in [3.63, 3.8) is 0 Å². The Kier molecular flexibility index (Phi) is 13.0. The zero-order valence-corrected chi connectivity index (χ0v) is 37.6. The molecule has 0 fully saturated rings. The van der Waals surface area contributed by atoms with Gasteiger partial charge in [0.15, 0.2) is 140 Å². The van der Waals surface area contributed by atoms with E-state index in [0.29, 0.717) is 27.7 Å². The van der Waals surface area contributed by atoms with Crippen LogP contribution in [0.3, 0.4) is 0 Å². The Morgan fingerprint density at radius 1 is 0.178 bits per heavy atom. The van der Waals surface area contributed by atoms with Crippen LogP contribution in [0.15, 0.2) is 0 Å². The Morgan fingerprint density at radius 2 is 0.301 bits per heavy atom. The third kappa shape index (κ3) is 6.54. The van der Waals surface area contributed by atoms with Crippen LogP contribution in [0.2, 0.25) is 0 Å². The average molecular weight is 1080 g/mol. The Labute approximate surface area is 393 Å². The Balaban J connectivity index is 2.12. The molecule has 0 amide bonds. The fourth-order valence-electron chi connectivity index (χ4n) is 10.6. The van der Waals surface area contributed by atoms with Crippen molar-refractivity contribution in [1.82, 2.24) is 0 Å². The molecular formula is C48H20AlF24-. The van der Waals surface area contributed by atoms with E-state index in [9.17, 15) is 0 Å². The maximum absolute atomic E-state index is 17.3. The molecule has 0 aromatic heterocycles. The fraction of sp³-hybridized carbons (Fsp3) is 0.167. The van der Waals surface area contributed by atoms with Gasteiger partial charge in [0, 0.05) is 0 Å². The molecule has 0 atom stereocenters. The van der Waals surface area contributed by atoms with Crippen LogP contribution in [-0.4, -0.2) is 13.1 Å². The lowest BCUT2D eigenvalue weighted by atomic mass is 10.00. The van der Waals surface area contributed by atoms with Crippen LogP contribution in [0.1, 0.15) is 49.9 Å². The topological polar surface area (TPSA) is 0 Å². The van der Waals surface area contributed by atoms with Gasteiger partial charge in [-0.3, -0.25) is 0 Å². The second kappa shape index (κ2) is 17.9. The van der Waals surface area contributed by atoms with Crippen molar-refractivity contribution < 1.29 is 105 Å². The van der Waals surface area contributed by atoms with Crippen LogP contribution in [0.5, 0.6) is 0 Å². The van der Waals surface area contributed by atoms with E-state index in [0.717, 1.165) is 0 Å². The molecule has 0 aliphatic carbocycles. The SMILES string of the molecule is CCc1c(F)c(F)c2c(F)c(F)c(F)c(F)c2[c]1[Al-]([c]1c(CC)c(F)c(F)c2c(F)c(F)c(F)c(F)c12)([c]1c(CC)c(F)c(F)c2c(F)c(F)c(F)c(F)c12)[c]1c(CC)c(F)c(F)c2c(F)c(F)c(F)c(F)c12. The molecule has 0 N–H and O–H groups in total. The smallest absolute Gasteiger partial charge is 0.204 e. The van der Waals surface area contributed by atoms with Gasteiger partial charge in [-0.05, 0) is 69.5 Å². The largest absolute Gasteiger partial charge is 0.272 e. The quantitative estimate of drug-likeness (QED) is 0.0616. The van der Waals surface area contributed by atoms with Crippen LogP contribution >= 0.6 is 0 Å². The van der Waals surface area contributed by atoms with Crippen molar-refractivity contribution >= 4 is 73.9 Å². The van der Waals surface area contributed by atoms with Gasteiger partial charge in [0.25, 0.3) is 13.1 Å². The van der Waals surface area contributed by atoms with Gasteiger partial charge in [-0.2, -0.15) is 0 Å². The third-order valence-electron chi connectivity index (χ3n) is 13.3. The van der Waals surface area contributed by atoms with Gasteiger partial charge in [0.1, 0.15) is 0 Å². The highest BCUT2D eigenvalue weighted by Crippen LogP contribution is 2.43. The molecule has 0 aliphatic rings. The lowest BCUT2D eigenvalue weighted by Gasteiger charge is -2.48. The summed E-state index contributed by atoms with van der Waals surface area (Å²) in [5, 5.41) is -20.5. The molecule has 0 aliphatic heterocycles. The molecule has 384 valence electrons. The molecule has 8 rings (SSSR count). The van der Waals surface area contributed by atoms with Crippen LogP contribution in [0.25, 0.3) is 43.1 Å². The van der Waals surface area contributed by atoms with E-state index in [2.05, 4.69) is 0 Å². The van der Waals surface area contributed by atoms with Crippen molar-refractivity contribution in [2.24, 2.45) is 0 Å². The Bertz CT molecular complexity index is 3350. The molecule has 0 saturated heterocycles. The molecule has 0 bridgehead atoms. The van der Waals surface area contributed by atoms with Crippen LogP contribution in [-0.2, 0) is 25.7 Å². The highest BCUT2D eigenvalue weighted by atomic mass is 27.2. The fourth-order valence-corrected chi connectivity index (χ4v) is 18.5. The summed E-state index contributed by atoms with van der Waals surface area (Å²) >= 11 is -8.82. The van der Waals surface area contributed by atoms with Crippen LogP contribution < -0.4 is 17.7 Å². The number of benzene rings is 8. The van der Waals surface area contributed by atoms with Gasteiger partial charge in [-0.1, -0.05) is 27.7 Å². The third-order valence-corrected chi connectivity index (χ3v) is 19.3. The molecule has 0 heterocycles. The predicted octanol–water partition coefficient (Wildman–Crippen LogP) is 13.3. The first-order chi connectivity index (χ1) is 34.1. The van der Waals surface area contributed by atoms with Crippen molar-refractivity contribution in [1.29, 1.82) is 0 Å². The van der Waals surface area contributed by atoms with Gasteiger partial charge in [0.05, 0.1) is 21.5 Å². The minimum Gasteiger partial charge on any atom is -0.204 e. The van der Waals surface area contributed by atoms with E-state index in [4.69, 9.17) is 0 Å². The second-order valence-corrected chi connectivity index (χ2v) is 20.4. The molecule has 0 nitrogen and oxygen atoms in total. The number of hydrogen-bond acceptors (Lipinski definition) is 0. The summed E-state index contributed by atoms with van der Waals surface area (Å²) in [5.74, 6) is -72.6. The van der Waals surface area contributed by atoms with Crippen molar-refractivity contribution in [3.05, 3.63) is 162 Å². The van der Waals surface area contributed by atoms with Crippen molar-refractivity contribution in [2.45, 2.75) is 53.4 Å². The summed E-state index contributed by atoms with van der Waals surface area (Å²) in [7, 11) is 0. The normalized spacial score (nSPS) is 12.3. The Morgan fingerprint density at radius 3 is 0.438 bits per heavy atom. The van der Waals surface area contributed by atoms with Gasteiger partial charge >= 0.3 is 0 Å². The highest BCUT2D eigenvalue weighted by molar-refractivity contribution is 7.24. The summed E-state index contributed by atoms with van der Waals surface area (Å²) in [5.41, 5.74) is -7.80.